The zero-order valence-electron chi connectivity index (χ0n) is 18.3. The summed E-state index contributed by atoms with van der Waals surface area (Å²) in [7, 11) is 1.64. The van der Waals surface area contributed by atoms with Gasteiger partial charge in [-0.3, -0.25) is 9.69 Å². The van der Waals surface area contributed by atoms with Gasteiger partial charge < -0.3 is 14.1 Å². The van der Waals surface area contributed by atoms with Crippen LogP contribution in [0.5, 0.6) is 5.75 Å². The van der Waals surface area contributed by atoms with Gasteiger partial charge in [-0.15, -0.1) is 0 Å². The van der Waals surface area contributed by atoms with Crippen LogP contribution < -0.4 is 9.64 Å². The zero-order valence-corrected chi connectivity index (χ0v) is 19.2. The van der Waals surface area contributed by atoms with E-state index in [0.29, 0.717) is 28.8 Å². The number of methoxy groups -OCH3 is 1. The molecule has 31 heavy (non-hydrogen) atoms. The predicted octanol–water partition coefficient (Wildman–Crippen LogP) is 5.35. The summed E-state index contributed by atoms with van der Waals surface area (Å²) < 4.78 is 12.4. The Kier molecular flexibility index (Phi) is 6.25. The number of para-hydroxylation sites is 1. The summed E-state index contributed by atoms with van der Waals surface area (Å²) in [6.45, 7) is 9.43. The summed E-state index contributed by atoms with van der Waals surface area (Å²) >= 11 is 1.51. The molecule has 2 heterocycles. The van der Waals surface area contributed by atoms with Crippen LogP contribution in [0.4, 0.5) is 5.13 Å². The lowest BCUT2D eigenvalue weighted by Crippen LogP contribution is -2.38. The second kappa shape index (κ2) is 9.08. The number of anilines is 1. The van der Waals surface area contributed by atoms with Crippen LogP contribution in [0.3, 0.4) is 0 Å². The predicted molar refractivity (Wildman–Crippen MR) is 127 cm³/mol. The number of benzene rings is 2. The Morgan fingerprint density at radius 1 is 1.13 bits per heavy atom. The quantitative estimate of drug-likeness (QED) is 0.372. The minimum Gasteiger partial charge on any atom is -0.494 e. The molecule has 1 amide bonds. The van der Waals surface area contributed by atoms with Crippen molar-refractivity contribution in [1.29, 1.82) is 0 Å². The minimum atomic E-state index is -0.181. The number of aryl methyl sites for hydroxylation is 1. The van der Waals surface area contributed by atoms with E-state index in [4.69, 9.17) is 14.1 Å². The van der Waals surface area contributed by atoms with E-state index in [2.05, 4.69) is 18.7 Å². The highest BCUT2D eigenvalue weighted by molar-refractivity contribution is 7.22. The van der Waals surface area contributed by atoms with Gasteiger partial charge in [0.1, 0.15) is 16.8 Å². The Morgan fingerprint density at radius 2 is 1.90 bits per heavy atom. The Bertz CT molecular complexity index is 1180. The number of rotatable bonds is 8. The van der Waals surface area contributed by atoms with Crippen molar-refractivity contribution in [2.45, 2.75) is 20.8 Å². The monoisotopic (exact) mass is 437 g/mol. The fourth-order valence-corrected chi connectivity index (χ4v) is 4.74. The number of carbonyl (C=O) groups excluding carboxylic acids is 1. The topological polar surface area (TPSA) is 58.8 Å². The van der Waals surface area contributed by atoms with Gasteiger partial charge in [-0.2, -0.15) is 0 Å². The van der Waals surface area contributed by atoms with Gasteiger partial charge in [0.15, 0.2) is 10.9 Å². The molecule has 162 valence electrons. The van der Waals surface area contributed by atoms with Crippen LogP contribution in [0.1, 0.15) is 30.0 Å². The molecule has 0 N–H and O–H groups in total. The molecule has 0 fully saturated rings. The van der Waals surface area contributed by atoms with E-state index in [-0.39, 0.29) is 5.91 Å². The van der Waals surface area contributed by atoms with Crippen molar-refractivity contribution in [2.24, 2.45) is 0 Å². The molecule has 4 aromatic rings. The van der Waals surface area contributed by atoms with E-state index in [1.54, 1.807) is 18.1 Å². The van der Waals surface area contributed by atoms with Crippen LogP contribution in [-0.4, -0.2) is 49.1 Å². The van der Waals surface area contributed by atoms with Crippen molar-refractivity contribution in [3.8, 4) is 5.75 Å². The molecule has 0 aliphatic carbocycles. The largest absolute Gasteiger partial charge is 0.494 e. The number of carbonyl (C=O) groups is 1. The summed E-state index contributed by atoms with van der Waals surface area (Å²) in [4.78, 5) is 22.4. The fourth-order valence-electron chi connectivity index (χ4n) is 3.66. The first-order valence-corrected chi connectivity index (χ1v) is 11.3. The third-order valence-corrected chi connectivity index (χ3v) is 6.77. The number of thiazole rings is 1. The highest BCUT2D eigenvalue weighted by Crippen LogP contribution is 2.37. The summed E-state index contributed by atoms with van der Waals surface area (Å²) in [5, 5.41) is 1.57. The molecule has 0 saturated carbocycles. The number of nitrogens with zero attached hydrogens (tertiary/aromatic N) is 3. The van der Waals surface area contributed by atoms with Crippen LogP contribution in [-0.2, 0) is 0 Å². The maximum Gasteiger partial charge on any atom is 0.295 e. The van der Waals surface area contributed by atoms with Gasteiger partial charge in [0.05, 0.1) is 11.8 Å². The Morgan fingerprint density at radius 3 is 2.61 bits per heavy atom. The molecule has 0 spiro atoms. The first-order chi connectivity index (χ1) is 15.0. The first kappa shape index (κ1) is 21.3. The molecular formula is C24H27N3O3S. The van der Waals surface area contributed by atoms with E-state index in [0.717, 1.165) is 40.8 Å². The molecule has 4 rings (SSSR count). The normalized spacial score (nSPS) is 11.5. The second-order valence-electron chi connectivity index (χ2n) is 7.39. The number of furan rings is 1. The van der Waals surface area contributed by atoms with Gasteiger partial charge in [0.25, 0.3) is 5.91 Å². The first-order valence-electron chi connectivity index (χ1n) is 10.5. The van der Waals surface area contributed by atoms with E-state index in [1.165, 1.54) is 11.3 Å². The number of ether oxygens (including phenoxy) is 1. The van der Waals surface area contributed by atoms with Gasteiger partial charge >= 0.3 is 0 Å². The number of likely N-dealkylation sites (N-methyl/N-ethyl adjacent to an activating group) is 1. The van der Waals surface area contributed by atoms with Gasteiger partial charge in [0.2, 0.25) is 0 Å². The molecule has 0 saturated heterocycles. The summed E-state index contributed by atoms with van der Waals surface area (Å²) in [6.07, 6.45) is 0. The van der Waals surface area contributed by atoms with E-state index in [9.17, 15) is 4.79 Å². The summed E-state index contributed by atoms with van der Waals surface area (Å²) in [5.41, 5.74) is 2.60. The molecule has 2 aromatic carbocycles. The average Bonchev–Trinajstić information content (AvgIpc) is 3.42. The van der Waals surface area contributed by atoms with Crippen LogP contribution in [0.15, 0.2) is 46.9 Å². The smallest absolute Gasteiger partial charge is 0.295 e. The summed E-state index contributed by atoms with van der Waals surface area (Å²) in [5.74, 6) is 0.853. The number of aromatic nitrogens is 1. The van der Waals surface area contributed by atoms with Crippen molar-refractivity contribution in [1.82, 2.24) is 9.88 Å². The molecule has 0 radical (unpaired) electrons. The number of amides is 1. The van der Waals surface area contributed by atoms with Crippen LogP contribution in [0.25, 0.3) is 21.2 Å². The Hall–Kier alpha value is -2.90. The highest BCUT2D eigenvalue weighted by Gasteiger charge is 2.25. The Balaban J connectivity index is 1.76. The fraction of sp³-hybridized carbons (Fsp3) is 0.333. The van der Waals surface area contributed by atoms with Crippen LogP contribution in [0.2, 0.25) is 0 Å². The number of hydrogen-bond donors (Lipinski definition) is 0. The lowest BCUT2D eigenvalue weighted by Gasteiger charge is -2.24. The van der Waals surface area contributed by atoms with Gasteiger partial charge in [-0.25, -0.2) is 4.98 Å². The van der Waals surface area contributed by atoms with Crippen LogP contribution in [0, 0.1) is 6.92 Å². The average molecular weight is 438 g/mol. The van der Waals surface area contributed by atoms with E-state index < -0.39 is 0 Å². The van der Waals surface area contributed by atoms with Crippen molar-refractivity contribution in [3.05, 3.63) is 53.8 Å². The molecular weight excluding hydrogens is 410 g/mol. The third-order valence-electron chi connectivity index (χ3n) is 5.56. The van der Waals surface area contributed by atoms with Crippen LogP contribution >= 0.6 is 11.3 Å². The maximum absolute atomic E-state index is 13.6. The molecule has 2 aromatic heterocycles. The molecule has 6 nitrogen and oxygen atoms in total. The SMILES string of the molecule is CCN(CC)CCN(C(=O)c1cc2ccccc2o1)c1nc2c(OC)ccc(C)c2s1. The van der Waals surface area contributed by atoms with Gasteiger partial charge in [-0.1, -0.05) is 49.4 Å². The third kappa shape index (κ3) is 4.16. The van der Waals surface area contributed by atoms with Gasteiger partial charge in [0, 0.05) is 18.5 Å². The van der Waals surface area contributed by atoms with E-state index in [1.807, 2.05) is 43.3 Å². The lowest BCUT2D eigenvalue weighted by molar-refractivity contribution is 0.0959. The molecule has 7 heteroatoms. The zero-order chi connectivity index (χ0) is 22.0. The second-order valence-corrected chi connectivity index (χ2v) is 8.37. The summed E-state index contributed by atoms with van der Waals surface area (Å²) in [6, 6.07) is 13.4. The van der Waals surface area contributed by atoms with E-state index >= 15 is 0 Å². The van der Waals surface area contributed by atoms with Crippen molar-refractivity contribution in [2.75, 3.05) is 38.2 Å². The van der Waals surface area contributed by atoms with Crippen molar-refractivity contribution < 1.29 is 13.9 Å². The molecule has 0 bridgehead atoms. The standard InChI is InChI=1S/C24H27N3O3S/c1-5-26(6-2)13-14-27(23(28)20-15-17-9-7-8-10-18(17)30-20)24-25-21-19(29-4)12-11-16(3)22(21)31-24/h7-12,15H,5-6,13-14H2,1-4H3. The molecule has 0 atom stereocenters. The molecule has 0 aliphatic heterocycles. The van der Waals surface area contributed by atoms with Gasteiger partial charge in [-0.05, 0) is 43.8 Å². The lowest BCUT2D eigenvalue weighted by atomic mass is 10.2. The van der Waals surface area contributed by atoms with Crippen molar-refractivity contribution >= 4 is 43.6 Å². The Labute approximate surface area is 186 Å². The molecule has 0 unspecified atom stereocenters. The highest BCUT2D eigenvalue weighted by atomic mass is 32.1. The minimum absolute atomic E-state index is 0.181. The number of hydrogen-bond acceptors (Lipinski definition) is 6. The van der Waals surface area contributed by atoms with Crippen molar-refractivity contribution in [3.63, 3.8) is 0 Å². The maximum atomic E-state index is 13.6. The number of fused-ring (bicyclic) bond motifs is 2. The molecule has 0 aliphatic rings.